The number of hydrogen-bond acceptors (Lipinski definition) is 4. The van der Waals surface area contributed by atoms with Crippen LogP contribution in [0.2, 0.25) is 0 Å². The standard InChI is InChI=1S/C21H26FN3O3S/c1-17-3-5-18(6-4-17)15-25(29(2,27)28)16-21(26)24-13-11-23(12-14-24)20-9-7-19(22)8-10-20/h3-10H,11-16H2,1-2H3. The molecule has 1 fully saturated rings. The molecule has 1 heterocycles. The molecular weight excluding hydrogens is 393 g/mol. The van der Waals surface area contributed by atoms with Gasteiger partial charge in [-0.25, -0.2) is 12.8 Å². The zero-order chi connectivity index (χ0) is 21.0. The van der Waals surface area contributed by atoms with E-state index in [1.54, 1.807) is 17.0 Å². The second kappa shape index (κ2) is 8.92. The summed E-state index contributed by atoms with van der Waals surface area (Å²) in [6, 6.07) is 13.9. The monoisotopic (exact) mass is 419 g/mol. The minimum atomic E-state index is -3.52. The number of piperazine rings is 1. The van der Waals surface area contributed by atoms with Crippen molar-refractivity contribution < 1.29 is 17.6 Å². The largest absolute Gasteiger partial charge is 0.368 e. The lowest BCUT2D eigenvalue weighted by Gasteiger charge is -2.36. The van der Waals surface area contributed by atoms with Gasteiger partial charge >= 0.3 is 0 Å². The summed E-state index contributed by atoms with van der Waals surface area (Å²) >= 11 is 0. The second-order valence-corrected chi connectivity index (χ2v) is 9.34. The lowest BCUT2D eigenvalue weighted by molar-refractivity contribution is -0.131. The summed E-state index contributed by atoms with van der Waals surface area (Å²) in [5, 5.41) is 0. The Morgan fingerprint density at radius 1 is 1.00 bits per heavy atom. The van der Waals surface area contributed by atoms with Crippen LogP contribution in [0.3, 0.4) is 0 Å². The molecule has 0 bridgehead atoms. The molecule has 0 aliphatic carbocycles. The van der Waals surface area contributed by atoms with Crippen molar-refractivity contribution in [2.45, 2.75) is 13.5 Å². The van der Waals surface area contributed by atoms with Crippen molar-refractivity contribution in [3.63, 3.8) is 0 Å². The van der Waals surface area contributed by atoms with Crippen LogP contribution in [-0.2, 0) is 21.4 Å². The van der Waals surface area contributed by atoms with E-state index in [9.17, 15) is 17.6 Å². The number of carbonyl (C=O) groups is 1. The summed E-state index contributed by atoms with van der Waals surface area (Å²) in [5.74, 6) is -0.488. The molecule has 29 heavy (non-hydrogen) atoms. The van der Waals surface area contributed by atoms with Gasteiger partial charge in [0.1, 0.15) is 5.82 Å². The Bertz CT molecular complexity index is 938. The van der Waals surface area contributed by atoms with Gasteiger partial charge in [0.25, 0.3) is 0 Å². The maximum atomic E-state index is 13.1. The topological polar surface area (TPSA) is 60.9 Å². The van der Waals surface area contributed by atoms with Gasteiger partial charge in [-0.1, -0.05) is 29.8 Å². The summed E-state index contributed by atoms with van der Waals surface area (Å²) in [4.78, 5) is 16.5. The number of amides is 1. The predicted molar refractivity (Wildman–Crippen MR) is 112 cm³/mol. The number of sulfonamides is 1. The van der Waals surface area contributed by atoms with E-state index in [1.807, 2.05) is 31.2 Å². The molecule has 6 nitrogen and oxygen atoms in total. The minimum Gasteiger partial charge on any atom is -0.368 e. The molecule has 3 rings (SSSR count). The van der Waals surface area contributed by atoms with Crippen LogP contribution < -0.4 is 4.90 Å². The SMILES string of the molecule is Cc1ccc(CN(CC(=O)N2CCN(c3ccc(F)cc3)CC2)S(C)(=O)=O)cc1. The smallest absolute Gasteiger partial charge is 0.238 e. The Balaban J connectivity index is 1.60. The van der Waals surface area contributed by atoms with Crippen molar-refractivity contribution in [3.8, 4) is 0 Å². The molecule has 1 amide bonds. The van der Waals surface area contributed by atoms with Crippen molar-refractivity contribution in [2.75, 3.05) is 43.9 Å². The first-order chi connectivity index (χ1) is 13.7. The van der Waals surface area contributed by atoms with Crippen LogP contribution >= 0.6 is 0 Å². The van der Waals surface area contributed by atoms with E-state index in [-0.39, 0.29) is 24.8 Å². The van der Waals surface area contributed by atoms with Gasteiger partial charge in [0.15, 0.2) is 0 Å². The van der Waals surface area contributed by atoms with E-state index in [0.717, 1.165) is 23.1 Å². The Morgan fingerprint density at radius 3 is 2.14 bits per heavy atom. The first-order valence-corrected chi connectivity index (χ1v) is 11.4. The molecule has 0 radical (unpaired) electrons. The molecule has 0 aromatic heterocycles. The first-order valence-electron chi connectivity index (χ1n) is 9.51. The van der Waals surface area contributed by atoms with E-state index in [4.69, 9.17) is 0 Å². The molecule has 1 saturated heterocycles. The van der Waals surface area contributed by atoms with Gasteiger partial charge in [-0.2, -0.15) is 4.31 Å². The van der Waals surface area contributed by atoms with Crippen molar-refractivity contribution in [1.29, 1.82) is 0 Å². The lowest BCUT2D eigenvalue weighted by atomic mass is 10.1. The summed E-state index contributed by atoms with van der Waals surface area (Å²) in [6.45, 7) is 4.19. The molecule has 156 valence electrons. The highest BCUT2D eigenvalue weighted by Crippen LogP contribution is 2.17. The van der Waals surface area contributed by atoms with E-state index in [0.29, 0.717) is 26.2 Å². The molecule has 0 N–H and O–H groups in total. The number of benzene rings is 2. The van der Waals surface area contributed by atoms with Crippen molar-refractivity contribution in [1.82, 2.24) is 9.21 Å². The summed E-state index contributed by atoms with van der Waals surface area (Å²) in [6.07, 6.45) is 1.13. The first kappa shape index (κ1) is 21.3. The van der Waals surface area contributed by atoms with Crippen LogP contribution in [0.25, 0.3) is 0 Å². The van der Waals surface area contributed by atoms with E-state index >= 15 is 0 Å². The molecule has 2 aromatic carbocycles. The highest BCUT2D eigenvalue weighted by molar-refractivity contribution is 7.88. The molecule has 0 unspecified atom stereocenters. The van der Waals surface area contributed by atoms with Crippen molar-refractivity contribution in [2.24, 2.45) is 0 Å². The Labute approximate surface area is 171 Å². The molecule has 1 aliphatic rings. The number of rotatable bonds is 6. The quantitative estimate of drug-likeness (QED) is 0.721. The van der Waals surface area contributed by atoms with Gasteiger partial charge in [0.2, 0.25) is 15.9 Å². The van der Waals surface area contributed by atoms with E-state index in [2.05, 4.69) is 4.90 Å². The van der Waals surface area contributed by atoms with Gasteiger partial charge in [-0.15, -0.1) is 0 Å². The number of halogens is 1. The van der Waals surface area contributed by atoms with Crippen molar-refractivity contribution in [3.05, 3.63) is 65.5 Å². The highest BCUT2D eigenvalue weighted by Gasteiger charge is 2.26. The molecule has 2 aromatic rings. The number of aryl methyl sites for hydroxylation is 1. The number of anilines is 1. The van der Waals surface area contributed by atoms with Crippen molar-refractivity contribution >= 4 is 21.6 Å². The molecule has 0 saturated carbocycles. The Hall–Kier alpha value is -2.45. The van der Waals surface area contributed by atoms with E-state index < -0.39 is 10.0 Å². The van der Waals surface area contributed by atoms with Gasteiger partial charge in [0.05, 0.1) is 12.8 Å². The molecular formula is C21H26FN3O3S. The fourth-order valence-electron chi connectivity index (χ4n) is 3.30. The van der Waals surface area contributed by atoms with Crippen LogP contribution in [0.15, 0.2) is 48.5 Å². The summed E-state index contributed by atoms with van der Waals surface area (Å²) in [5.41, 5.74) is 2.85. The number of carbonyl (C=O) groups excluding carboxylic acids is 1. The third kappa shape index (κ3) is 5.77. The summed E-state index contributed by atoms with van der Waals surface area (Å²) in [7, 11) is -3.52. The fraction of sp³-hybridized carbons (Fsp3) is 0.381. The third-order valence-corrected chi connectivity index (χ3v) is 6.28. The van der Waals surface area contributed by atoms with Crippen LogP contribution in [0.5, 0.6) is 0 Å². The normalized spacial score (nSPS) is 15.0. The Kier molecular flexibility index (Phi) is 6.54. The minimum absolute atomic E-state index is 0.167. The maximum absolute atomic E-state index is 13.1. The number of hydrogen-bond donors (Lipinski definition) is 0. The fourth-order valence-corrected chi connectivity index (χ4v) is 4.03. The average molecular weight is 420 g/mol. The van der Waals surface area contributed by atoms with Gasteiger partial charge < -0.3 is 9.80 Å². The van der Waals surface area contributed by atoms with E-state index in [1.165, 1.54) is 16.4 Å². The zero-order valence-electron chi connectivity index (χ0n) is 16.7. The average Bonchev–Trinajstić information content (AvgIpc) is 2.69. The van der Waals surface area contributed by atoms with Crippen LogP contribution in [0.1, 0.15) is 11.1 Å². The van der Waals surface area contributed by atoms with Crippen LogP contribution in [0, 0.1) is 12.7 Å². The van der Waals surface area contributed by atoms with Crippen LogP contribution in [-0.4, -0.2) is 62.5 Å². The van der Waals surface area contributed by atoms with Crippen LogP contribution in [0.4, 0.5) is 10.1 Å². The number of nitrogens with zero attached hydrogens (tertiary/aromatic N) is 3. The molecule has 8 heteroatoms. The predicted octanol–water partition coefficient (Wildman–Crippen LogP) is 2.24. The Morgan fingerprint density at radius 2 is 1.59 bits per heavy atom. The highest BCUT2D eigenvalue weighted by atomic mass is 32.2. The molecule has 0 spiro atoms. The zero-order valence-corrected chi connectivity index (χ0v) is 17.5. The molecule has 0 atom stereocenters. The van der Waals surface area contributed by atoms with Gasteiger partial charge in [-0.3, -0.25) is 4.79 Å². The summed E-state index contributed by atoms with van der Waals surface area (Å²) < 4.78 is 38.7. The molecule has 1 aliphatic heterocycles. The second-order valence-electron chi connectivity index (χ2n) is 7.36. The van der Waals surface area contributed by atoms with Gasteiger partial charge in [0, 0.05) is 38.4 Å². The third-order valence-electron chi connectivity index (χ3n) is 5.08. The maximum Gasteiger partial charge on any atom is 0.238 e. The lowest BCUT2D eigenvalue weighted by Crippen LogP contribution is -2.51. The van der Waals surface area contributed by atoms with Gasteiger partial charge in [-0.05, 0) is 36.8 Å².